The van der Waals surface area contributed by atoms with Crippen LogP contribution in [-0.2, 0) is 11.3 Å². The van der Waals surface area contributed by atoms with Crippen molar-refractivity contribution in [2.75, 3.05) is 7.11 Å². The van der Waals surface area contributed by atoms with Gasteiger partial charge in [0.25, 0.3) is 5.91 Å². The van der Waals surface area contributed by atoms with E-state index in [1.807, 2.05) is 13.0 Å². The lowest BCUT2D eigenvalue weighted by Crippen LogP contribution is -2.30. The summed E-state index contributed by atoms with van der Waals surface area (Å²) in [6, 6.07) is 10.0. The van der Waals surface area contributed by atoms with E-state index in [1.165, 1.54) is 16.2 Å². The molecule has 0 fully saturated rings. The first-order valence-electron chi connectivity index (χ1n) is 9.66. The second kappa shape index (κ2) is 8.31. The SMILES string of the molecule is COc1cccc(C2C(C(=O)c3sc(C)nc3C)=C(O)C(=O)N2Cc2ccncc2)c1. The number of amides is 1. The van der Waals surface area contributed by atoms with Gasteiger partial charge in [-0.05, 0) is 49.2 Å². The molecule has 3 heterocycles. The van der Waals surface area contributed by atoms with Crippen molar-refractivity contribution in [3.05, 3.63) is 86.8 Å². The molecule has 0 spiro atoms. The molecule has 0 saturated heterocycles. The van der Waals surface area contributed by atoms with Gasteiger partial charge in [-0.2, -0.15) is 0 Å². The average Bonchev–Trinajstić information content (AvgIpc) is 3.24. The summed E-state index contributed by atoms with van der Waals surface area (Å²) in [5.41, 5.74) is 2.15. The van der Waals surface area contributed by atoms with Crippen LogP contribution in [0.5, 0.6) is 5.75 Å². The summed E-state index contributed by atoms with van der Waals surface area (Å²) >= 11 is 1.25. The maximum atomic E-state index is 13.5. The number of benzene rings is 1. The van der Waals surface area contributed by atoms with Crippen LogP contribution in [0, 0.1) is 13.8 Å². The van der Waals surface area contributed by atoms with Crippen molar-refractivity contribution in [2.24, 2.45) is 0 Å². The summed E-state index contributed by atoms with van der Waals surface area (Å²) in [7, 11) is 1.55. The van der Waals surface area contributed by atoms with Crippen LogP contribution in [0.25, 0.3) is 0 Å². The predicted octanol–water partition coefficient (Wildman–Crippen LogP) is 3.94. The number of aliphatic hydroxyl groups is 1. The Morgan fingerprint density at radius 1 is 1.23 bits per heavy atom. The molecular weight excluding hydrogens is 414 g/mol. The third-order valence-corrected chi connectivity index (χ3v) is 6.24. The number of ketones is 1. The third-order valence-electron chi connectivity index (χ3n) is 5.17. The molecule has 158 valence electrons. The molecule has 3 aromatic rings. The van der Waals surface area contributed by atoms with Gasteiger partial charge in [-0.15, -0.1) is 11.3 Å². The number of Topliss-reactive ketones (excluding diaryl/α,β-unsaturated/α-hetero) is 1. The van der Waals surface area contributed by atoms with Gasteiger partial charge in [0.05, 0.1) is 34.3 Å². The monoisotopic (exact) mass is 435 g/mol. The summed E-state index contributed by atoms with van der Waals surface area (Å²) in [6.45, 7) is 3.78. The molecule has 1 aliphatic rings. The normalized spacial score (nSPS) is 16.2. The van der Waals surface area contributed by atoms with E-state index < -0.39 is 17.7 Å². The first kappa shape index (κ1) is 20.7. The number of methoxy groups -OCH3 is 1. The van der Waals surface area contributed by atoms with E-state index in [1.54, 1.807) is 56.8 Å². The van der Waals surface area contributed by atoms with E-state index in [-0.39, 0.29) is 17.9 Å². The van der Waals surface area contributed by atoms with Gasteiger partial charge < -0.3 is 14.7 Å². The van der Waals surface area contributed by atoms with Gasteiger partial charge in [-0.3, -0.25) is 14.6 Å². The van der Waals surface area contributed by atoms with Gasteiger partial charge in [0.2, 0.25) is 5.78 Å². The van der Waals surface area contributed by atoms with Crippen LogP contribution in [0.2, 0.25) is 0 Å². The Morgan fingerprint density at radius 3 is 2.61 bits per heavy atom. The zero-order valence-corrected chi connectivity index (χ0v) is 18.1. The Balaban J connectivity index is 1.83. The third kappa shape index (κ3) is 3.82. The number of ether oxygens (including phenoxy) is 1. The molecule has 1 aromatic carbocycles. The number of aliphatic hydroxyl groups excluding tert-OH is 1. The second-order valence-electron chi connectivity index (χ2n) is 7.21. The molecule has 0 aliphatic carbocycles. The minimum absolute atomic E-state index is 0.0547. The standard InChI is InChI=1S/C23H21N3O4S/c1-13-22(31-14(2)25-13)20(27)18-19(16-5-4-6-17(11-16)30-3)26(23(29)21(18)28)12-15-7-9-24-10-8-15/h4-11,19,28H,12H2,1-3H3. The topological polar surface area (TPSA) is 92.6 Å². The number of aryl methyl sites for hydroxylation is 2. The first-order chi connectivity index (χ1) is 14.9. The van der Waals surface area contributed by atoms with Crippen molar-refractivity contribution >= 4 is 23.0 Å². The zero-order chi connectivity index (χ0) is 22.1. The Bertz CT molecular complexity index is 1190. The van der Waals surface area contributed by atoms with E-state index in [4.69, 9.17) is 4.74 Å². The summed E-state index contributed by atoms with van der Waals surface area (Å²) in [5, 5.41) is 11.5. The average molecular weight is 436 g/mol. The quantitative estimate of drug-likeness (QED) is 0.590. The molecule has 0 bridgehead atoms. The summed E-state index contributed by atoms with van der Waals surface area (Å²) < 4.78 is 5.34. The molecule has 1 aliphatic heterocycles. The van der Waals surface area contributed by atoms with Crippen molar-refractivity contribution in [2.45, 2.75) is 26.4 Å². The fourth-order valence-electron chi connectivity index (χ4n) is 3.76. The van der Waals surface area contributed by atoms with Crippen molar-refractivity contribution < 1.29 is 19.4 Å². The van der Waals surface area contributed by atoms with Gasteiger partial charge >= 0.3 is 0 Å². The highest BCUT2D eigenvalue weighted by atomic mass is 32.1. The van der Waals surface area contributed by atoms with Gasteiger partial charge in [0.15, 0.2) is 5.76 Å². The maximum Gasteiger partial charge on any atom is 0.290 e. The van der Waals surface area contributed by atoms with E-state index in [2.05, 4.69) is 9.97 Å². The maximum absolute atomic E-state index is 13.5. The Labute approximate surface area is 183 Å². The van der Waals surface area contributed by atoms with Crippen LogP contribution >= 0.6 is 11.3 Å². The fourth-order valence-corrected chi connectivity index (χ4v) is 4.63. The molecule has 8 heteroatoms. The lowest BCUT2D eigenvalue weighted by Gasteiger charge is -2.27. The number of rotatable bonds is 6. The molecule has 4 rings (SSSR count). The molecule has 31 heavy (non-hydrogen) atoms. The molecule has 2 aromatic heterocycles. The van der Waals surface area contributed by atoms with E-state index >= 15 is 0 Å². The van der Waals surface area contributed by atoms with E-state index in [9.17, 15) is 14.7 Å². The molecule has 1 amide bonds. The number of hydrogen-bond acceptors (Lipinski definition) is 7. The van der Waals surface area contributed by atoms with Crippen LogP contribution in [-0.4, -0.2) is 38.8 Å². The number of carbonyl (C=O) groups excluding carboxylic acids is 2. The molecule has 1 atom stereocenters. The van der Waals surface area contributed by atoms with Crippen molar-refractivity contribution in [3.8, 4) is 5.75 Å². The van der Waals surface area contributed by atoms with Gasteiger partial charge in [-0.1, -0.05) is 12.1 Å². The summed E-state index contributed by atoms with van der Waals surface area (Å²) in [5.74, 6) is -0.917. The molecule has 0 radical (unpaired) electrons. The van der Waals surface area contributed by atoms with Gasteiger partial charge in [0.1, 0.15) is 5.75 Å². The second-order valence-corrected chi connectivity index (χ2v) is 8.41. The summed E-state index contributed by atoms with van der Waals surface area (Å²) in [4.78, 5) is 36.9. The van der Waals surface area contributed by atoms with Crippen LogP contribution in [0.3, 0.4) is 0 Å². The number of carbonyl (C=O) groups is 2. The predicted molar refractivity (Wildman–Crippen MR) is 116 cm³/mol. The van der Waals surface area contributed by atoms with Crippen LogP contribution in [0.1, 0.15) is 37.5 Å². The van der Waals surface area contributed by atoms with E-state index in [0.717, 1.165) is 10.6 Å². The van der Waals surface area contributed by atoms with Gasteiger partial charge in [0, 0.05) is 18.9 Å². The summed E-state index contributed by atoms with van der Waals surface area (Å²) in [6.07, 6.45) is 3.28. The van der Waals surface area contributed by atoms with Crippen LogP contribution < -0.4 is 4.74 Å². The van der Waals surface area contributed by atoms with Crippen molar-refractivity contribution in [3.63, 3.8) is 0 Å². The molecule has 0 saturated carbocycles. The minimum Gasteiger partial charge on any atom is -0.503 e. The van der Waals surface area contributed by atoms with Crippen LogP contribution in [0.15, 0.2) is 60.1 Å². The smallest absolute Gasteiger partial charge is 0.290 e. The first-order valence-corrected chi connectivity index (χ1v) is 10.5. The highest BCUT2D eigenvalue weighted by molar-refractivity contribution is 7.14. The Morgan fingerprint density at radius 2 is 1.97 bits per heavy atom. The molecule has 1 N–H and O–H groups in total. The highest BCUT2D eigenvalue weighted by Crippen LogP contribution is 2.41. The number of aromatic nitrogens is 2. The van der Waals surface area contributed by atoms with Gasteiger partial charge in [-0.25, -0.2) is 4.98 Å². The van der Waals surface area contributed by atoms with Crippen LogP contribution in [0.4, 0.5) is 0 Å². The fraction of sp³-hybridized carbons (Fsp3) is 0.217. The molecule has 7 nitrogen and oxygen atoms in total. The lowest BCUT2D eigenvalue weighted by atomic mass is 9.94. The molecule has 1 unspecified atom stereocenters. The lowest BCUT2D eigenvalue weighted by molar-refractivity contribution is -0.130. The van der Waals surface area contributed by atoms with E-state index in [0.29, 0.717) is 21.9 Å². The number of nitrogens with zero attached hydrogens (tertiary/aromatic N) is 3. The minimum atomic E-state index is -0.759. The highest BCUT2D eigenvalue weighted by Gasteiger charge is 2.44. The van der Waals surface area contributed by atoms with Crippen molar-refractivity contribution in [1.29, 1.82) is 0 Å². The van der Waals surface area contributed by atoms with Crippen molar-refractivity contribution in [1.82, 2.24) is 14.9 Å². The number of hydrogen-bond donors (Lipinski definition) is 1. The zero-order valence-electron chi connectivity index (χ0n) is 17.3. The molecular formula is C23H21N3O4S. The largest absolute Gasteiger partial charge is 0.503 e. The number of thiazole rings is 1. The number of pyridine rings is 1. The Kier molecular flexibility index (Phi) is 5.56. The Hall–Kier alpha value is -3.52.